The van der Waals surface area contributed by atoms with Gasteiger partial charge in [-0.2, -0.15) is 0 Å². The summed E-state index contributed by atoms with van der Waals surface area (Å²) in [5.41, 5.74) is 5.94. The lowest BCUT2D eigenvalue weighted by molar-refractivity contribution is -0.138. The predicted molar refractivity (Wildman–Crippen MR) is 64.2 cm³/mol. The summed E-state index contributed by atoms with van der Waals surface area (Å²) in [6.07, 6.45) is 4.24. The number of hydrogen-bond donors (Lipinski definition) is 2. The molecule has 2 aliphatic rings. The van der Waals surface area contributed by atoms with Crippen molar-refractivity contribution in [3.05, 3.63) is 0 Å². The van der Waals surface area contributed by atoms with Gasteiger partial charge in [0.15, 0.2) is 0 Å². The Morgan fingerprint density at radius 3 is 2.82 bits per heavy atom. The van der Waals surface area contributed by atoms with Crippen LogP contribution in [-0.4, -0.2) is 41.4 Å². The largest absolute Gasteiger partial charge is 0.344 e. The highest BCUT2D eigenvalue weighted by Gasteiger charge is 2.36. The molecule has 2 unspecified atom stereocenters. The summed E-state index contributed by atoms with van der Waals surface area (Å²) >= 11 is 0. The van der Waals surface area contributed by atoms with Crippen molar-refractivity contribution in [3.63, 3.8) is 0 Å². The lowest BCUT2D eigenvalue weighted by Gasteiger charge is -2.39. The van der Waals surface area contributed by atoms with Crippen molar-refractivity contribution in [2.75, 3.05) is 6.54 Å². The van der Waals surface area contributed by atoms with Crippen molar-refractivity contribution in [1.82, 2.24) is 10.2 Å². The van der Waals surface area contributed by atoms with Crippen molar-refractivity contribution in [1.29, 1.82) is 0 Å². The number of nitrogens with zero attached hydrogens (tertiary/aromatic N) is 1. The SMILES string of the molecule is CC(N)C1CCCCN1C(=O)[C@H]1CCC(=O)N1. The van der Waals surface area contributed by atoms with Gasteiger partial charge in [-0.1, -0.05) is 0 Å². The molecule has 2 aliphatic heterocycles. The molecule has 2 saturated heterocycles. The molecule has 2 rings (SSSR count). The number of amides is 2. The zero-order valence-electron chi connectivity index (χ0n) is 10.3. The number of piperidine rings is 1. The van der Waals surface area contributed by atoms with Gasteiger partial charge in [0.2, 0.25) is 11.8 Å². The van der Waals surface area contributed by atoms with Gasteiger partial charge in [0.1, 0.15) is 6.04 Å². The smallest absolute Gasteiger partial charge is 0.245 e. The minimum atomic E-state index is -0.318. The second-order valence-electron chi connectivity index (χ2n) is 5.11. The Balaban J connectivity index is 2.03. The van der Waals surface area contributed by atoms with E-state index >= 15 is 0 Å². The van der Waals surface area contributed by atoms with E-state index in [2.05, 4.69) is 5.32 Å². The normalized spacial score (nSPS) is 31.2. The molecule has 3 atom stereocenters. The minimum absolute atomic E-state index is 0.00338. The first-order valence-electron chi connectivity index (χ1n) is 6.45. The average Bonchev–Trinajstić information content (AvgIpc) is 2.75. The maximum Gasteiger partial charge on any atom is 0.245 e. The van der Waals surface area contributed by atoms with Crippen molar-refractivity contribution >= 4 is 11.8 Å². The van der Waals surface area contributed by atoms with Gasteiger partial charge in [-0.25, -0.2) is 0 Å². The summed E-state index contributed by atoms with van der Waals surface area (Å²) in [4.78, 5) is 25.3. The van der Waals surface area contributed by atoms with E-state index in [1.54, 1.807) is 0 Å². The fourth-order valence-electron chi connectivity index (χ4n) is 2.78. The van der Waals surface area contributed by atoms with Crippen LogP contribution in [0.15, 0.2) is 0 Å². The maximum absolute atomic E-state index is 12.3. The Bertz CT molecular complexity index is 317. The third-order valence-corrected chi connectivity index (χ3v) is 3.73. The summed E-state index contributed by atoms with van der Waals surface area (Å²) in [6.45, 7) is 2.72. The standard InChI is InChI=1S/C12H21N3O2/c1-8(13)10-4-2-3-7-15(10)12(17)9-5-6-11(16)14-9/h8-10H,2-7,13H2,1H3,(H,14,16)/t8?,9-,10?/m1/s1. The van der Waals surface area contributed by atoms with Crippen LogP contribution in [0.3, 0.4) is 0 Å². The molecular weight excluding hydrogens is 218 g/mol. The van der Waals surface area contributed by atoms with E-state index in [0.717, 1.165) is 25.8 Å². The molecule has 0 saturated carbocycles. The Labute approximate surface area is 102 Å². The van der Waals surface area contributed by atoms with Gasteiger partial charge in [0, 0.05) is 25.0 Å². The lowest BCUT2D eigenvalue weighted by Crippen LogP contribution is -2.56. The van der Waals surface area contributed by atoms with Gasteiger partial charge in [0.25, 0.3) is 0 Å². The Hall–Kier alpha value is -1.10. The highest BCUT2D eigenvalue weighted by Crippen LogP contribution is 2.21. The molecule has 0 aliphatic carbocycles. The van der Waals surface area contributed by atoms with Crippen LogP contribution in [0.25, 0.3) is 0 Å². The highest BCUT2D eigenvalue weighted by atomic mass is 16.2. The summed E-state index contributed by atoms with van der Waals surface area (Å²) in [5.74, 6) is 0.0376. The first-order chi connectivity index (χ1) is 8.09. The molecule has 0 aromatic heterocycles. The number of nitrogens with one attached hydrogen (secondary N) is 1. The highest BCUT2D eigenvalue weighted by molar-refractivity contribution is 5.91. The molecule has 17 heavy (non-hydrogen) atoms. The Morgan fingerprint density at radius 2 is 2.24 bits per heavy atom. The zero-order chi connectivity index (χ0) is 12.4. The predicted octanol–water partition coefficient (Wildman–Crippen LogP) is -0.00670. The van der Waals surface area contributed by atoms with Crippen LogP contribution in [0.4, 0.5) is 0 Å². The minimum Gasteiger partial charge on any atom is -0.344 e. The zero-order valence-corrected chi connectivity index (χ0v) is 10.3. The van der Waals surface area contributed by atoms with Crippen LogP contribution < -0.4 is 11.1 Å². The molecule has 0 bridgehead atoms. The summed E-state index contributed by atoms with van der Waals surface area (Å²) in [5, 5.41) is 2.74. The molecule has 0 aromatic carbocycles. The number of carbonyl (C=O) groups is 2. The van der Waals surface area contributed by atoms with Gasteiger partial charge in [0.05, 0.1) is 0 Å². The molecule has 2 fully saturated rings. The van der Waals surface area contributed by atoms with E-state index in [9.17, 15) is 9.59 Å². The van der Waals surface area contributed by atoms with Crippen LogP contribution in [0, 0.1) is 0 Å². The van der Waals surface area contributed by atoms with Crippen LogP contribution in [0.5, 0.6) is 0 Å². The molecule has 5 nitrogen and oxygen atoms in total. The van der Waals surface area contributed by atoms with Crippen LogP contribution in [0.1, 0.15) is 39.0 Å². The second-order valence-corrected chi connectivity index (χ2v) is 5.11. The Kier molecular flexibility index (Phi) is 3.66. The topological polar surface area (TPSA) is 75.4 Å². The fourth-order valence-corrected chi connectivity index (χ4v) is 2.78. The van der Waals surface area contributed by atoms with Crippen molar-refractivity contribution in [3.8, 4) is 0 Å². The maximum atomic E-state index is 12.3. The fraction of sp³-hybridized carbons (Fsp3) is 0.833. The van der Waals surface area contributed by atoms with E-state index in [0.29, 0.717) is 12.8 Å². The van der Waals surface area contributed by atoms with Crippen molar-refractivity contribution in [2.24, 2.45) is 5.73 Å². The molecule has 0 spiro atoms. The van der Waals surface area contributed by atoms with Crippen molar-refractivity contribution < 1.29 is 9.59 Å². The molecule has 96 valence electrons. The molecule has 2 amide bonds. The summed E-state index contributed by atoms with van der Waals surface area (Å²) in [6, 6.07) is -0.188. The third kappa shape index (κ3) is 2.60. The molecule has 2 heterocycles. The van der Waals surface area contributed by atoms with Gasteiger partial charge >= 0.3 is 0 Å². The third-order valence-electron chi connectivity index (χ3n) is 3.73. The monoisotopic (exact) mass is 239 g/mol. The second kappa shape index (κ2) is 5.04. The molecule has 5 heteroatoms. The molecule has 0 aromatic rings. The first-order valence-corrected chi connectivity index (χ1v) is 6.45. The van der Waals surface area contributed by atoms with Crippen molar-refractivity contribution in [2.45, 2.75) is 57.2 Å². The number of rotatable bonds is 2. The Morgan fingerprint density at radius 1 is 1.47 bits per heavy atom. The van der Waals surface area contributed by atoms with Gasteiger partial charge in [-0.3, -0.25) is 9.59 Å². The van der Waals surface area contributed by atoms with E-state index < -0.39 is 0 Å². The molecule has 3 N–H and O–H groups in total. The summed E-state index contributed by atoms with van der Waals surface area (Å²) in [7, 11) is 0. The average molecular weight is 239 g/mol. The number of carbonyl (C=O) groups excluding carboxylic acids is 2. The van der Waals surface area contributed by atoms with Gasteiger partial charge in [-0.05, 0) is 32.6 Å². The molecular formula is C12H21N3O2. The number of likely N-dealkylation sites (tertiary alicyclic amines) is 1. The summed E-state index contributed by atoms with van der Waals surface area (Å²) < 4.78 is 0. The van der Waals surface area contributed by atoms with E-state index in [4.69, 9.17) is 5.73 Å². The van der Waals surface area contributed by atoms with E-state index in [-0.39, 0.29) is 29.9 Å². The van der Waals surface area contributed by atoms with Gasteiger partial charge in [-0.15, -0.1) is 0 Å². The quantitative estimate of drug-likeness (QED) is 0.712. The number of nitrogens with two attached hydrogens (primary N) is 1. The van der Waals surface area contributed by atoms with Gasteiger partial charge < -0.3 is 16.0 Å². The van der Waals surface area contributed by atoms with Crippen LogP contribution in [0.2, 0.25) is 0 Å². The van der Waals surface area contributed by atoms with E-state index in [1.165, 1.54) is 0 Å². The van der Waals surface area contributed by atoms with Crippen LogP contribution >= 0.6 is 0 Å². The van der Waals surface area contributed by atoms with E-state index in [1.807, 2.05) is 11.8 Å². The number of hydrogen-bond acceptors (Lipinski definition) is 3. The first kappa shape index (κ1) is 12.4. The lowest BCUT2D eigenvalue weighted by atomic mass is 9.96. The molecule has 0 radical (unpaired) electrons. The van der Waals surface area contributed by atoms with Crippen LogP contribution in [-0.2, 0) is 9.59 Å².